The van der Waals surface area contributed by atoms with Crippen LogP contribution in [0, 0.1) is 11.3 Å². The summed E-state index contributed by atoms with van der Waals surface area (Å²) in [5, 5.41) is 12.6. The molecule has 0 saturated carbocycles. The molecule has 5 nitrogen and oxygen atoms in total. The molecule has 2 rings (SSSR count). The van der Waals surface area contributed by atoms with Crippen LogP contribution < -0.4 is 5.32 Å². The molecule has 5 heteroatoms. The highest BCUT2D eigenvalue weighted by atomic mass is 16.1. The lowest BCUT2D eigenvalue weighted by Gasteiger charge is -2.41. The van der Waals surface area contributed by atoms with E-state index in [9.17, 15) is 10.1 Å². The summed E-state index contributed by atoms with van der Waals surface area (Å²) in [6.45, 7) is 21.5. The molecule has 0 aromatic heterocycles. The number of carbonyl (C=O) groups is 1. The van der Waals surface area contributed by atoms with Crippen LogP contribution in [0.15, 0.2) is 66.4 Å². The molecule has 1 aliphatic heterocycles. The molecule has 1 heterocycles. The number of rotatable bonds is 9. The number of allylic oxidation sites excluding steroid dienone is 3. The van der Waals surface area contributed by atoms with Crippen molar-refractivity contribution in [3.63, 3.8) is 0 Å². The fourth-order valence-electron chi connectivity index (χ4n) is 3.91. The highest BCUT2D eigenvalue weighted by Gasteiger charge is 2.25. The fraction of sp³-hybridized carbons (Fsp3) is 0.467. The van der Waals surface area contributed by atoms with Gasteiger partial charge in [0, 0.05) is 37.8 Å². The molecule has 1 aromatic carbocycles. The first-order valence-corrected chi connectivity index (χ1v) is 12.7. The van der Waals surface area contributed by atoms with Crippen LogP contribution in [0.3, 0.4) is 0 Å². The van der Waals surface area contributed by atoms with Gasteiger partial charge in [-0.3, -0.25) is 4.79 Å². The summed E-state index contributed by atoms with van der Waals surface area (Å²) in [4.78, 5) is 17.2. The average Bonchev–Trinajstić information content (AvgIpc) is 2.83. The van der Waals surface area contributed by atoms with Crippen LogP contribution >= 0.6 is 0 Å². The molecule has 190 valence electrons. The average molecular weight is 477 g/mol. The van der Waals surface area contributed by atoms with Gasteiger partial charge in [0.15, 0.2) is 0 Å². The molecular formula is C30H44N4O. The summed E-state index contributed by atoms with van der Waals surface area (Å²) in [7, 11) is 2.09. The van der Waals surface area contributed by atoms with Crippen LogP contribution in [0.4, 0.5) is 0 Å². The number of nitrogens with one attached hydrogen (secondary N) is 1. The molecule has 0 aliphatic carbocycles. The maximum absolute atomic E-state index is 12.7. The Morgan fingerprint density at radius 2 is 1.83 bits per heavy atom. The summed E-state index contributed by atoms with van der Waals surface area (Å²) in [6.07, 6.45) is 6.83. The van der Waals surface area contributed by atoms with Crippen molar-refractivity contribution in [1.29, 1.82) is 5.26 Å². The first-order valence-electron chi connectivity index (χ1n) is 12.7. The van der Waals surface area contributed by atoms with E-state index in [4.69, 9.17) is 0 Å². The summed E-state index contributed by atoms with van der Waals surface area (Å²) in [5.41, 5.74) is 4.93. The van der Waals surface area contributed by atoms with Crippen LogP contribution in [0.2, 0.25) is 0 Å². The number of hydrogen-bond donors (Lipinski definition) is 1. The fourth-order valence-corrected chi connectivity index (χ4v) is 3.91. The molecule has 1 N–H and O–H groups in total. The van der Waals surface area contributed by atoms with E-state index >= 15 is 0 Å². The SMILES string of the molecule is C=C(/C=C(\C(C#N)=C/C)N1CCN(C)CC1C)C(=O)NCc1ccc(C(=C)CCC)cc1.CCC. The third-order valence-corrected chi connectivity index (χ3v) is 5.79. The van der Waals surface area contributed by atoms with E-state index in [1.165, 1.54) is 6.42 Å². The van der Waals surface area contributed by atoms with Crippen molar-refractivity contribution in [3.8, 4) is 6.07 Å². The van der Waals surface area contributed by atoms with E-state index in [0.29, 0.717) is 17.7 Å². The lowest BCUT2D eigenvalue weighted by Crippen LogP contribution is -2.50. The van der Waals surface area contributed by atoms with Crippen molar-refractivity contribution < 1.29 is 4.79 Å². The minimum absolute atomic E-state index is 0.236. The lowest BCUT2D eigenvalue weighted by atomic mass is 10.0. The molecule has 1 fully saturated rings. The van der Waals surface area contributed by atoms with Crippen molar-refractivity contribution in [1.82, 2.24) is 15.1 Å². The van der Waals surface area contributed by atoms with Gasteiger partial charge in [-0.05, 0) is 50.1 Å². The molecule has 0 bridgehead atoms. The van der Waals surface area contributed by atoms with E-state index in [0.717, 1.165) is 54.9 Å². The predicted octanol–water partition coefficient (Wildman–Crippen LogP) is 6.08. The van der Waals surface area contributed by atoms with Gasteiger partial charge in [-0.25, -0.2) is 0 Å². The number of nitrogens with zero attached hydrogens (tertiary/aromatic N) is 3. The predicted molar refractivity (Wildman–Crippen MR) is 148 cm³/mol. The van der Waals surface area contributed by atoms with Crippen molar-refractivity contribution >= 4 is 11.5 Å². The van der Waals surface area contributed by atoms with Gasteiger partial charge < -0.3 is 15.1 Å². The molecule has 1 atom stereocenters. The van der Waals surface area contributed by atoms with Crippen LogP contribution in [-0.4, -0.2) is 48.4 Å². The number of likely N-dealkylation sites (N-methyl/N-ethyl adjacent to an activating group) is 1. The Morgan fingerprint density at radius 3 is 2.34 bits per heavy atom. The highest BCUT2D eigenvalue weighted by molar-refractivity contribution is 5.95. The normalized spacial score (nSPS) is 16.6. The lowest BCUT2D eigenvalue weighted by molar-refractivity contribution is -0.117. The van der Waals surface area contributed by atoms with E-state index in [2.05, 4.69) is 69.1 Å². The van der Waals surface area contributed by atoms with Crippen LogP contribution in [0.1, 0.15) is 65.0 Å². The molecule has 1 amide bonds. The molecule has 1 aliphatic rings. The third kappa shape index (κ3) is 9.58. The minimum Gasteiger partial charge on any atom is -0.365 e. The Labute approximate surface area is 213 Å². The molecule has 1 aromatic rings. The maximum atomic E-state index is 12.7. The minimum atomic E-state index is -0.239. The second-order valence-electron chi connectivity index (χ2n) is 9.11. The summed E-state index contributed by atoms with van der Waals surface area (Å²) in [6, 6.07) is 10.6. The van der Waals surface area contributed by atoms with Gasteiger partial charge in [-0.2, -0.15) is 5.26 Å². The molecule has 0 radical (unpaired) electrons. The van der Waals surface area contributed by atoms with E-state index in [-0.39, 0.29) is 11.9 Å². The Morgan fingerprint density at radius 1 is 1.20 bits per heavy atom. The highest BCUT2D eigenvalue weighted by Crippen LogP contribution is 2.23. The van der Waals surface area contributed by atoms with Gasteiger partial charge in [0.05, 0.1) is 11.3 Å². The second-order valence-corrected chi connectivity index (χ2v) is 9.11. The Bertz CT molecular complexity index is 950. The summed E-state index contributed by atoms with van der Waals surface area (Å²) >= 11 is 0. The zero-order chi connectivity index (χ0) is 26.4. The molecule has 0 spiro atoms. The largest absolute Gasteiger partial charge is 0.365 e. The van der Waals surface area contributed by atoms with Crippen molar-refractivity contribution in [2.45, 2.75) is 66.5 Å². The molecule has 1 unspecified atom stereocenters. The Kier molecular flexibility index (Phi) is 13.5. The molecule has 1 saturated heterocycles. The maximum Gasteiger partial charge on any atom is 0.251 e. The smallest absolute Gasteiger partial charge is 0.251 e. The van der Waals surface area contributed by atoms with Crippen LogP contribution in [0.25, 0.3) is 5.57 Å². The second kappa shape index (κ2) is 15.7. The van der Waals surface area contributed by atoms with Gasteiger partial charge >= 0.3 is 0 Å². The van der Waals surface area contributed by atoms with E-state index < -0.39 is 0 Å². The summed E-state index contributed by atoms with van der Waals surface area (Å²) in [5.74, 6) is -0.239. The first-order chi connectivity index (χ1) is 16.7. The first kappa shape index (κ1) is 29.9. The quantitative estimate of drug-likeness (QED) is 0.267. The zero-order valence-corrected chi connectivity index (χ0v) is 22.7. The van der Waals surface area contributed by atoms with Crippen molar-refractivity contribution in [2.24, 2.45) is 0 Å². The number of nitriles is 1. The Hall–Kier alpha value is -3.10. The van der Waals surface area contributed by atoms with Crippen molar-refractivity contribution in [2.75, 3.05) is 26.7 Å². The van der Waals surface area contributed by atoms with Crippen LogP contribution in [0.5, 0.6) is 0 Å². The number of piperazine rings is 1. The summed E-state index contributed by atoms with van der Waals surface area (Å²) < 4.78 is 0. The van der Waals surface area contributed by atoms with Gasteiger partial charge in [0.25, 0.3) is 5.91 Å². The molecule has 35 heavy (non-hydrogen) atoms. The van der Waals surface area contributed by atoms with Gasteiger partial charge in [0.1, 0.15) is 6.07 Å². The van der Waals surface area contributed by atoms with E-state index in [1.54, 1.807) is 12.2 Å². The monoisotopic (exact) mass is 476 g/mol. The number of benzene rings is 1. The zero-order valence-electron chi connectivity index (χ0n) is 22.7. The standard InChI is InChI=1S/C27H36N4O.C3H8/c1-7-9-20(3)25-12-10-23(11-13-25)18-29-27(32)21(4)16-26(24(8-2)17-28)31-15-14-30(6)19-22(31)5;1-3-2/h8,10-13,16,22H,3-4,7,9,14-15,18-19H2,1-2,5-6H3,(H,29,32);3H2,1-2H3/b24-8-,26-16+;. The van der Waals surface area contributed by atoms with Gasteiger partial charge in [0.2, 0.25) is 0 Å². The number of amides is 1. The Balaban J connectivity index is 0.00000194. The van der Waals surface area contributed by atoms with Crippen LogP contribution in [-0.2, 0) is 11.3 Å². The topological polar surface area (TPSA) is 59.4 Å². The van der Waals surface area contributed by atoms with Gasteiger partial charge in [-0.15, -0.1) is 0 Å². The van der Waals surface area contributed by atoms with E-state index in [1.807, 2.05) is 31.2 Å². The van der Waals surface area contributed by atoms with Crippen molar-refractivity contribution in [3.05, 3.63) is 77.5 Å². The number of hydrogen-bond acceptors (Lipinski definition) is 4. The van der Waals surface area contributed by atoms with Gasteiger partial charge in [-0.1, -0.05) is 77.1 Å². The number of carbonyl (C=O) groups excluding carboxylic acids is 1. The molecular weight excluding hydrogens is 432 g/mol. The third-order valence-electron chi connectivity index (χ3n) is 5.79.